The molecule has 0 amide bonds. The molecule has 2 heterocycles. The lowest BCUT2D eigenvalue weighted by Crippen LogP contribution is -2.42. The fourth-order valence-corrected chi connectivity index (χ4v) is 5.02. The number of hydrogen-bond acceptors (Lipinski definition) is 6. The zero-order valence-corrected chi connectivity index (χ0v) is 18.3. The van der Waals surface area contributed by atoms with Gasteiger partial charge in [0, 0.05) is 23.3 Å². The zero-order chi connectivity index (χ0) is 22.6. The number of methoxy groups -OCH3 is 1. The number of Topliss-reactive ketones (excluding diaryl/α,β-unsaturated/α-hetero) is 1. The summed E-state index contributed by atoms with van der Waals surface area (Å²) in [5, 5.41) is 10.3. The first kappa shape index (κ1) is 20.1. The van der Waals surface area contributed by atoms with Crippen molar-refractivity contribution in [3.05, 3.63) is 82.3 Å². The third-order valence-electron chi connectivity index (χ3n) is 6.41. The van der Waals surface area contributed by atoms with Crippen LogP contribution in [-0.4, -0.2) is 18.7 Å². The van der Waals surface area contributed by atoms with Gasteiger partial charge in [0.05, 0.1) is 30.4 Å². The quantitative estimate of drug-likeness (QED) is 0.772. The lowest BCUT2D eigenvalue weighted by Gasteiger charge is -2.45. The molecule has 2 aromatic rings. The summed E-state index contributed by atoms with van der Waals surface area (Å²) in [5.41, 5.74) is 10.7. The van der Waals surface area contributed by atoms with Crippen LogP contribution in [0.1, 0.15) is 43.7 Å². The van der Waals surface area contributed by atoms with Gasteiger partial charge >= 0.3 is 0 Å². The first-order valence-corrected chi connectivity index (χ1v) is 10.6. The maximum Gasteiger partial charge on any atom is 0.162 e. The van der Waals surface area contributed by atoms with E-state index in [1.165, 1.54) is 0 Å². The monoisotopic (exact) mass is 424 g/mol. The van der Waals surface area contributed by atoms with E-state index in [1.54, 1.807) is 7.11 Å². The van der Waals surface area contributed by atoms with Gasteiger partial charge in [0.1, 0.15) is 11.6 Å². The third kappa shape index (κ3) is 2.93. The molecule has 0 aromatic heterocycles. The van der Waals surface area contributed by atoms with E-state index in [-0.39, 0.29) is 11.2 Å². The number of rotatable bonds is 2. The van der Waals surface area contributed by atoms with Crippen LogP contribution in [0.5, 0.6) is 5.75 Å². The number of aliphatic imine (C=N–C) groups is 1. The van der Waals surface area contributed by atoms with Crippen molar-refractivity contribution in [1.82, 2.24) is 0 Å². The largest absolute Gasteiger partial charge is 0.497 e. The third-order valence-corrected chi connectivity index (χ3v) is 6.41. The minimum Gasteiger partial charge on any atom is -0.497 e. The summed E-state index contributed by atoms with van der Waals surface area (Å²) in [4.78, 5) is 20.2. The summed E-state index contributed by atoms with van der Waals surface area (Å²) in [7, 11) is 1.61. The summed E-state index contributed by atoms with van der Waals surface area (Å²) >= 11 is 0. The van der Waals surface area contributed by atoms with Crippen LogP contribution in [0.3, 0.4) is 0 Å². The predicted octanol–water partition coefficient (Wildman–Crippen LogP) is 4.40. The second kappa shape index (κ2) is 7.10. The van der Waals surface area contributed by atoms with Gasteiger partial charge in [-0.25, -0.2) is 4.99 Å². The Labute approximate surface area is 187 Å². The van der Waals surface area contributed by atoms with Crippen molar-refractivity contribution < 1.29 is 9.53 Å². The molecule has 6 heteroatoms. The van der Waals surface area contributed by atoms with Gasteiger partial charge in [0.15, 0.2) is 11.6 Å². The van der Waals surface area contributed by atoms with Crippen LogP contribution in [0, 0.1) is 16.7 Å². The molecule has 1 aliphatic carbocycles. The topological polar surface area (TPSA) is 91.7 Å². The molecular weight excluding hydrogens is 400 g/mol. The van der Waals surface area contributed by atoms with Crippen molar-refractivity contribution in [2.24, 2.45) is 16.1 Å². The highest BCUT2D eigenvalue weighted by Crippen LogP contribution is 2.52. The number of benzene rings is 2. The molecule has 0 spiro atoms. The van der Waals surface area contributed by atoms with E-state index in [9.17, 15) is 10.1 Å². The van der Waals surface area contributed by atoms with Crippen LogP contribution in [0.2, 0.25) is 0 Å². The number of para-hydroxylation sites is 1. The van der Waals surface area contributed by atoms with Gasteiger partial charge < -0.3 is 10.5 Å². The first-order valence-electron chi connectivity index (χ1n) is 10.6. The minimum absolute atomic E-state index is 0.0730. The van der Waals surface area contributed by atoms with Crippen LogP contribution >= 0.6 is 0 Å². The molecule has 0 fully saturated rings. The van der Waals surface area contributed by atoms with E-state index in [0.29, 0.717) is 35.6 Å². The number of carbonyl (C=O) groups is 1. The van der Waals surface area contributed by atoms with Crippen molar-refractivity contribution in [3.63, 3.8) is 0 Å². The lowest BCUT2D eigenvalue weighted by atomic mass is 9.68. The number of fused-ring (bicyclic) bond motifs is 4. The maximum atomic E-state index is 13.6. The van der Waals surface area contributed by atoms with Crippen LogP contribution in [0.4, 0.5) is 5.69 Å². The molecule has 2 N–H and O–H groups in total. The van der Waals surface area contributed by atoms with Gasteiger partial charge in [-0.05, 0) is 41.7 Å². The van der Waals surface area contributed by atoms with Crippen LogP contribution in [0.15, 0.2) is 76.2 Å². The zero-order valence-electron chi connectivity index (χ0n) is 18.3. The Balaban J connectivity index is 1.82. The van der Waals surface area contributed by atoms with E-state index < -0.39 is 5.92 Å². The molecule has 160 valence electrons. The highest BCUT2D eigenvalue weighted by atomic mass is 16.5. The van der Waals surface area contributed by atoms with Gasteiger partial charge in [-0.3, -0.25) is 9.69 Å². The lowest BCUT2D eigenvalue weighted by molar-refractivity contribution is -0.118. The average molecular weight is 425 g/mol. The van der Waals surface area contributed by atoms with Crippen LogP contribution in [0.25, 0.3) is 0 Å². The highest BCUT2D eigenvalue weighted by molar-refractivity contribution is 6.08. The average Bonchev–Trinajstić information content (AvgIpc) is 2.77. The van der Waals surface area contributed by atoms with E-state index in [0.717, 1.165) is 28.3 Å². The fourth-order valence-electron chi connectivity index (χ4n) is 5.02. The number of nitrogens with two attached hydrogens (primary N) is 1. The summed E-state index contributed by atoms with van der Waals surface area (Å²) in [6, 6.07) is 17.6. The molecule has 2 aliphatic heterocycles. The van der Waals surface area contributed by atoms with Gasteiger partial charge in [-0.2, -0.15) is 5.26 Å². The Morgan fingerprint density at radius 1 is 1.16 bits per heavy atom. The Morgan fingerprint density at radius 3 is 2.56 bits per heavy atom. The number of allylic oxidation sites excluding steroid dienone is 3. The minimum atomic E-state index is -0.488. The Kier molecular flexibility index (Phi) is 4.45. The van der Waals surface area contributed by atoms with Gasteiger partial charge in [-0.15, -0.1) is 0 Å². The first-order chi connectivity index (χ1) is 15.3. The number of nitriles is 1. The second-order valence-electron chi connectivity index (χ2n) is 9.21. The van der Waals surface area contributed by atoms with Gasteiger partial charge in [-0.1, -0.05) is 38.1 Å². The summed E-state index contributed by atoms with van der Waals surface area (Å²) in [5.74, 6) is 1.19. The number of anilines is 1. The Hall–Kier alpha value is -3.85. The maximum absolute atomic E-state index is 13.6. The van der Waals surface area contributed by atoms with Crippen LogP contribution in [-0.2, 0) is 4.79 Å². The van der Waals surface area contributed by atoms with Crippen molar-refractivity contribution in [3.8, 4) is 11.8 Å². The smallest absolute Gasteiger partial charge is 0.162 e. The van der Waals surface area contributed by atoms with Crippen molar-refractivity contribution in [1.29, 1.82) is 5.26 Å². The number of hydrogen-bond donors (Lipinski definition) is 1. The Morgan fingerprint density at radius 2 is 1.88 bits per heavy atom. The van der Waals surface area contributed by atoms with E-state index in [1.807, 2.05) is 53.4 Å². The second-order valence-corrected chi connectivity index (χ2v) is 9.21. The van der Waals surface area contributed by atoms with E-state index >= 15 is 0 Å². The van der Waals surface area contributed by atoms with Gasteiger partial charge in [0.25, 0.3) is 0 Å². The van der Waals surface area contributed by atoms with Crippen LogP contribution < -0.4 is 15.4 Å². The fraction of sp³-hybridized carbons (Fsp3) is 0.269. The summed E-state index contributed by atoms with van der Waals surface area (Å²) < 4.78 is 5.30. The van der Waals surface area contributed by atoms with E-state index in [4.69, 9.17) is 10.5 Å². The van der Waals surface area contributed by atoms with Gasteiger partial charge in [0.2, 0.25) is 0 Å². The highest BCUT2D eigenvalue weighted by Gasteiger charge is 2.46. The molecule has 1 atom stereocenters. The van der Waals surface area contributed by atoms with Crippen molar-refractivity contribution >= 4 is 17.3 Å². The molecule has 3 aliphatic rings. The molecule has 1 unspecified atom stereocenters. The molecule has 6 nitrogen and oxygen atoms in total. The number of ether oxygens (including phenoxy) is 1. The number of nitrogens with zero attached hydrogens (tertiary/aromatic N) is 3. The molecule has 0 bridgehead atoms. The van der Waals surface area contributed by atoms with Crippen molar-refractivity contribution in [2.45, 2.75) is 32.6 Å². The molecule has 0 saturated carbocycles. The molecule has 32 heavy (non-hydrogen) atoms. The standard InChI is InChI=1S/C26H24N4O2/c1-26(2)12-20-23(21(31)13-26)22(15-8-10-16(32-3)11-9-15)18(14-27)25-29-24(28)17-6-4-5-7-19(17)30(20)25/h4-11,22H,12-13H2,1-3H3,(H2,28,29). The normalized spacial score (nSPS) is 21.3. The molecular formula is C26H24N4O2. The van der Waals surface area contributed by atoms with E-state index in [2.05, 4.69) is 24.9 Å². The Bertz CT molecular complexity index is 1280. The molecule has 0 saturated heterocycles. The number of ketones is 1. The summed E-state index contributed by atoms with van der Waals surface area (Å²) in [6.45, 7) is 4.21. The molecule has 5 rings (SSSR count). The molecule has 0 radical (unpaired) electrons. The SMILES string of the molecule is COc1ccc(C2C(C#N)=C3N=C(N)c4ccccc4N3C3=C2C(=O)CC(C)(C)C3)cc1. The number of carbonyl (C=O) groups excluding carboxylic acids is 1. The number of amidine groups is 1. The predicted molar refractivity (Wildman–Crippen MR) is 123 cm³/mol. The summed E-state index contributed by atoms with van der Waals surface area (Å²) in [6.07, 6.45) is 1.14. The molecule has 2 aromatic carbocycles. The van der Waals surface area contributed by atoms with Crippen molar-refractivity contribution in [2.75, 3.05) is 12.0 Å².